The lowest BCUT2D eigenvalue weighted by Crippen LogP contribution is -2.41. The van der Waals surface area contributed by atoms with E-state index in [4.69, 9.17) is 16.6 Å². The number of amides is 3. The SMILES string of the molecule is CN(C)C(=O)CN(C(=O)CCN1CCCC1)c1ccc(N=C(c2ccccc2)C2C(=O)Nc3cc(Cl)ccc32)cc1. The summed E-state index contributed by atoms with van der Waals surface area (Å²) in [5, 5.41) is 3.48. The normalized spacial score (nSPS) is 16.8. The topological polar surface area (TPSA) is 85.3 Å². The molecule has 3 aromatic carbocycles. The fourth-order valence-electron chi connectivity index (χ4n) is 5.25. The highest BCUT2D eigenvalue weighted by Crippen LogP contribution is 2.38. The number of nitrogens with zero attached hydrogens (tertiary/aromatic N) is 4. The number of rotatable bonds is 9. The van der Waals surface area contributed by atoms with Gasteiger partial charge in [0.25, 0.3) is 0 Å². The molecule has 41 heavy (non-hydrogen) atoms. The van der Waals surface area contributed by atoms with E-state index in [9.17, 15) is 14.4 Å². The summed E-state index contributed by atoms with van der Waals surface area (Å²) in [7, 11) is 3.37. The monoisotopic (exact) mass is 571 g/mol. The first-order valence-electron chi connectivity index (χ1n) is 13.9. The van der Waals surface area contributed by atoms with E-state index in [1.54, 1.807) is 43.3 Å². The fraction of sp³-hybridized carbons (Fsp3) is 0.312. The van der Waals surface area contributed by atoms with Gasteiger partial charge in [0, 0.05) is 43.5 Å². The van der Waals surface area contributed by atoms with Crippen molar-refractivity contribution in [1.82, 2.24) is 9.80 Å². The minimum Gasteiger partial charge on any atom is -0.347 e. The number of benzene rings is 3. The van der Waals surface area contributed by atoms with Crippen LogP contribution in [0.3, 0.4) is 0 Å². The lowest BCUT2D eigenvalue weighted by molar-refractivity contribution is -0.129. The Morgan fingerprint density at radius 2 is 1.68 bits per heavy atom. The fourth-order valence-corrected chi connectivity index (χ4v) is 5.42. The molecule has 2 heterocycles. The zero-order valence-corrected chi connectivity index (χ0v) is 24.1. The molecular formula is C32H34ClN5O3. The van der Waals surface area contributed by atoms with Crippen molar-refractivity contribution in [2.75, 3.05) is 50.5 Å². The van der Waals surface area contributed by atoms with Crippen molar-refractivity contribution >= 4 is 52.1 Å². The first-order chi connectivity index (χ1) is 19.8. The predicted molar refractivity (Wildman–Crippen MR) is 163 cm³/mol. The molecule has 1 saturated heterocycles. The Morgan fingerprint density at radius 1 is 0.976 bits per heavy atom. The Morgan fingerprint density at radius 3 is 2.37 bits per heavy atom. The standard InChI is InChI=1S/C32H34ClN5O3/c1-36(2)29(40)21-38(28(39)16-19-37-17-6-7-18-37)25-13-11-24(12-14-25)34-31(22-8-4-3-5-9-22)30-26-15-10-23(33)20-27(26)35-32(30)41/h3-5,8-15,20,30H,6-7,16-19,21H2,1-2H3,(H,35,41). The molecule has 0 aromatic heterocycles. The highest BCUT2D eigenvalue weighted by atomic mass is 35.5. The molecule has 0 bridgehead atoms. The molecule has 9 heteroatoms. The van der Waals surface area contributed by atoms with Crippen LogP contribution in [0.5, 0.6) is 0 Å². The van der Waals surface area contributed by atoms with Crippen molar-refractivity contribution in [1.29, 1.82) is 0 Å². The summed E-state index contributed by atoms with van der Waals surface area (Å²) in [5.41, 5.74) is 4.19. The van der Waals surface area contributed by atoms with Crippen LogP contribution in [0.15, 0.2) is 77.8 Å². The van der Waals surface area contributed by atoms with Crippen molar-refractivity contribution in [2.24, 2.45) is 4.99 Å². The van der Waals surface area contributed by atoms with Gasteiger partial charge in [-0.1, -0.05) is 48.0 Å². The van der Waals surface area contributed by atoms with Crippen LogP contribution in [0.2, 0.25) is 5.02 Å². The van der Waals surface area contributed by atoms with Gasteiger partial charge in [-0.25, -0.2) is 0 Å². The molecule has 2 aliphatic heterocycles. The smallest absolute Gasteiger partial charge is 0.242 e. The maximum atomic E-state index is 13.3. The first kappa shape index (κ1) is 28.5. The molecule has 3 amide bonds. The third-order valence-electron chi connectivity index (χ3n) is 7.53. The zero-order chi connectivity index (χ0) is 28.9. The lowest BCUT2D eigenvalue weighted by Gasteiger charge is -2.25. The van der Waals surface area contributed by atoms with Gasteiger partial charge < -0.3 is 20.0 Å². The van der Waals surface area contributed by atoms with Crippen molar-refractivity contribution in [2.45, 2.75) is 25.2 Å². The van der Waals surface area contributed by atoms with Gasteiger partial charge in [0.15, 0.2) is 0 Å². The third-order valence-corrected chi connectivity index (χ3v) is 7.77. The Bertz CT molecular complexity index is 1450. The molecule has 1 N–H and O–H groups in total. The van der Waals surface area contributed by atoms with Gasteiger partial charge in [0.05, 0.1) is 11.4 Å². The molecule has 0 saturated carbocycles. The molecule has 3 aromatic rings. The maximum Gasteiger partial charge on any atom is 0.242 e. The summed E-state index contributed by atoms with van der Waals surface area (Å²) in [6.07, 6.45) is 2.66. The summed E-state index contributed by atoms with van der Waals surface area (Å²) in [4.78, 5) is 49.4. The highest BCUT2D eigenvalue weighted by molar-refractivity contribution is 6.31. The maximum absolute atomic E-state index is 13.3. The van der Waals surface area contributed by atoms with Gasteiger partial charge in [0.2, 0.25) is 17.7 Å². The van der Waals surface area contributed by atoms with Crippen LogP contribution in [-0.2, 0) is 14.4 Å². The van der Waals surface area contributed by atoms with Gasteiger partial charge in [0.1, 0.15) is 12.5 Å². The number of halogens is 1. The number of fused-ring (bicyclic) bond motifs is 1. The molecule has 212 valence electrons. The number of anilines is 2. The summed E-state index contributed by atoms with van der Waals surface area (Å²) in [6, 6.07) is 22.2. The number of likely N-dealkylation sites (N-methyl/N-ethyl adjacent to an activating group) is 1. The Hall–Kier alpha value is -4.01. The van der Waals surface area contributed by atoms with Gasteiger partial charge >= 0.3 is 0 Å². The van der Waals surface area contributed by atoms with Gasteiger partial charge in [-0.15, -0.1) is 0 Å². The quantitative estimate of drug-likeness (QED) is 0.362. The average molecular weight is 572 g/mol. The summed E-state index contributed by atoms with van der Waals surface area (Å²) >= 11 is 6.17. The highest BCUT2D eigenvalue weighted by Gasteiger charge is 2.35. The molecule has 1 atom stereocenters. The van der Waals surface area contributed by atoms with Crippen molar-refractivity contribution < 1.29 is 14.4 Å². The van der Waals surface area contributed by atoms with E-state index < -0.39 is 5.92 Å². The Kier molecular flexibility index (Phi) is 8.81. The second-order valence-electron chi connectivity index (χ2n) is 10.6. The molecule has 5 rings (SSSR count). The second-order valence-corrected chi connectivity index (χ2v) is 11.0. The molecule has 0 aliphatic carbocycles. The Labute approximate surface area is 245 Å². The lowest BCUT2D eigenvalue weighted by atomic mass is 9.90. The number of hydrogen-bond donors (Lipinski definition) is 1. The molecular weight excluding hydrogens is 538 g/mol. The molecule has 2 aliphatic rings. The van der Waals surface area contributed by atoms with Gasteiger partial charge in [-0.2, -0.15) is 0 Å². The van der Waals surface area contributed by atoms with Crippen LogP contribution in [0.4, 0.5) is 17.1 Å². The first-order valence-corrected chi connectivity index (χ1v) is 14.2. The largest absolute Gasteiger partial charge is 0.347 e. The number of aliphatic imine (C=N–C) groups is 1. The van der Waals surface area contributed by atoms with Crippen molar-refractivity contribution in [3.63, 3.8) is 0 Å². The number of carbonyl (C=O) groups is 3. The van der Waals surface area contributed by atoms with Gasteiger partial charge in [-0.05, 0) is 73.5 Å². The van der Waals surface area contributed by atoms with E-state index >= 15 is 0 Å². The van der Waals surface area contributed by atoms with Crippen molar-refractivity contribution in [3.8, 4) is 0 Å². The van der Waals surface area contributed by atoms with E-state index in [1.165, 1.54) is 4.90 Å². The summed E-state index contributed by atoms with van der Waals surface area (Å²) < 4.78 is 0. The molecule has 1 unspecified atom stereocenters. The predicted octanol–water partition coefficient (Wildman–Crippen LogP) is 5.10. The molecule has 8 nitrogen and oxygen atoms in total. The van der Waals surface area contributed by atoms with Crippen LogP contribution in [0, 0.1) is 0 Å². The number of likely N-dealkylation sites (tertiary alicyclic amines) is 1. The van der Waals surface area contributed by atoms with E-state index in [0.29, 0.717) is 40.8 Å². The van der Waals surface area contributed by atoms with Crippen LogP contribution >= 0.6 is 11.6 Å². The number of carbonyl (C=O) groups excluding carboxylic acids is 3. The molecule has 0 spiro atoms. The van der Waals surface area contributed by atoms with E-state index in [0.717, 1.165) is 37.1 Å². The van der Waals surface area contributed by atoms with E-state index in [2.05, 4.69) is 10.2 Å². The second kappa shape index (κ2) is 12.7. The molecule has 0 radical (unpaired) electrons. The van der Waals surface area contributed by atoms with Crippen LogP contribution in [0.25, 0.3) is 0 Å². The van der Waals surface area contributed by atoms with Crippen LogP contribution < -0.4 is 10.2 Å². The summed E-state index contributed by atoms with van der Waals surface area (Å²) in [5.74, 6) is -1.02. The average Bonchev–Trinajstić information content (AvgIpc) is 3.61. The third kappa shape index (κ3) is 6.66. The molecule has 1 fully saturated rings. The van der Waals surface area contributed by atoms with Crippen LogP contribution in [-0.4, -0.2) is 73.5 Å². The zero-order valence-electron chi connectivity index (χ0n) is 23.3. The van der Waals surface area contributed by atoms with E-state index in [1.807, 2.05) is 48.5 Å². The van der Waals surface area contributed by atoms with Gasteiger partial charge in [-0.3, -0.25) is 19.4 Å². The van der Waals surface area contributed by atoms with Crippen molar-refractivity contribution in [3.05, 3.63) is 88.9 Å². The van der Waals surface area contributed by atoms with Crippen LogP contribution in [0.1, 0.15) is 36.3 Å². The minimum atomic E-state index is -0.606. The number of nitrogens with one attached hydrogen (secondary N) is 1. The van der Waals surface area contributed by atoms with E-state index in [-0.39, 0.29) is 24.3 Å². The number of hydrogen-bond acceptors (Lipinski definition) is 5. The Balaban J connectivity index is 1.45. The summed E-state index contributed by atoms with van der Waals surface area (Å²) in [6.45, 7) is 2.67. The minimum absolute atomic E-state index is 0.0364.